The number of pyridine rings is 1. The Kier molecular flexibility index (Phi) is 2.95. The average Bonchev–Trinajstić information content (AvgIpc) is 2.73. The van der Waals surface area contributed by atoms with Gasteiger partial charge < -0.3 is 9.88 Å². The molecular formula is C11H12N4O. The summed E-state index contributed by atoms with van der Waals surface area (Å²) in [7, 11) is 1.89. The summed E-state index contributed by atoms with van der Waals surface area (Å²) in [6.45, 7) is 0.421. The highest BCUT2D eigenvalue weighted by molar-refractivity contribution is 5.93. The summed E-state index contributed by atoms with van der Waals surface area (Å²) in [5, 5.41) is 2.79. The summed E-state index contributed by atoms with van der Waals surface area (Å²) >= 11 is 0. The second-order valence-corrected chi connectivity index (χ2v) is 3.37. The second-order valence-electron chi connectivity index (χ2n) is 3.37. The summed E-state index contributed by atoms with van der Waals surface area (Å²) in [5.41, 5.74) is 0.601. The molecule has 5 nitrogen and oxygen atoms in total. The third-order valence-electron chi connectivity index (χ3n) is 2.27. The van der Waals surface area contributed by atoms with Gasteiger partial charge in [-0.3, -0.25) is 9.78 Å². The Morgan fingerprint density at radius 3 is 2.75 bits per heavy atom. The van der Waals surface area contributed by atoms with Gasteiger partial charge >= 0.3 is 0 Å². The van der Waals surface area contributed by atoms with E-state index in [1.807, 2.05) is 17.8 Å². The van der Waals surface area contributed by atoms with Crippen LogP contribution < -0.4 is 5.32 Å². The zero-order valence-electron chi connectivity index (χ0n) is 8.92. The minimum atomic E-state index is -0.120. The summed E-state index contributed by atoms with van der Waals surface area (Å²) in [5.74, 6) is 0.702. The van der Waals surface area contributed by atoms with Crippen molar-refractivity contribution in [3.8, 4) is 0 Å². The summed E-state index contributed by atoms with van der Waals surface area (Å²) in [6, 6.07) is 3.35. The number of aryl methyl sites for hydroxylation is 1. The highest BCUT2D eigenvalue weighted by atomic mass is 16.1. The van der Waals surface area contributed by atoms with Crippen LogP contribution in [0.15, 0.2) is 36.9 Å². The molecule has 0 bridgehead atoms. The summed E-state index contributed by atoms with van der Waals surface area (Å²) in [6.07, 6.45) is 6.73. The molecule has 16 heavy (non-hydrogen) atoms. The molecule has 0 aliphatic carbocycles. The molecule has 0 aromatic carbocycles. The van der Waals surface area contributed by atoms with Crippen molar-refractivity contribution in [2.75, 3.05) is 0 Å². The maximum atomic E-state index is 11.7. The van der Waals surface area contributed by atoms with Crippen molar-refractivity contribution in [3.63, 3.8) is 0 Å². The number of nitrogens with one attached hydrogen (secondary N) is 1. The van der Waals surface area contributed by atoms with E-state index in [0.717, 1.165) is 5.82 Å². The number of rotatable bonds is 3. The molecule has 0 aliphatic heterocycles. The van der Waals surface area contributed by atoms with Crippen molar-refractivity contribution >= 4 is 5.91 Å². The van der Waals surface area contributed by atoms with Crippen molar-refractivity contribution in [2.24, 2.45) is 7.05 Å². The second kappa shape index (κ2) is 4.57. The van der Waals surface area contributed by atoms with Gasteiger partial charge in [0.25, 0.3) is 5.91 Å². The first-order valence-electron chi connectivity index (χ1n) is 4.92. The van der Waals surface area contributed by atoms with E-state index in [-0.39, 0.29) is 5.91 Å². The predicted molar refractivity (Wildman–Crippen MR) is 58.6 cm³/mol. The number of amides is 1. The van der Waals surface area contributed by atoms with Gasteiger partial charge in [0.15, 0.2) is 0 Å². The Morgan fingerprint density at radius 2 is 2.12 bits per heavy atom. The van der Waals surface area contributed by atoms with Crippen molar-refractivity contribution in [1.82, 2.24) is 19.9 Å². The van der Waals surface area contributed by atoms with Gasteiger partial charge in [0.1, 0.15) is 5.82 Å². The molecule has 1 amide bonds. The lowest BCUT2D eigenvalue weighted by Gasteiger charge is -2.04. The first-order chi connectivity index (χ1) is 7.77. The lowest BCUT2D eigenvalue weighted by Crippen LogP contribution is -2.24. The quantitative estimate of drug-likeness (QED) is 0.823. The molecule has 1 N–H and O–H groups in total. The summed E-state index contributed by atoms with van der Waals surface area (Å²) in [4.78, 5) is 19.6. The smallest absolute Gasteiger partial charge is 0.251 e. The normalized spacial score (nSPS) is 10.1. The molecule has 0 aliphatic rings. The molecule has 0 spiro atoms. The first-order valence-corrected chi connectivity index (χ1v) is 4.92. The molecule has 0 saturated carbocycles. The van der Waals surface area contributed by atoms with Gasteiger partial charge in [-0.25, -0.2) is 4.98 Å². The SMILES string of the molecule is Cn1ccnc1CNC(=O)c1ccncc1. The standard InChI is InChI=1S/C11H12N4O/c1-15-7-6-13-10(15)8-14-11(16)9-2-4-12-5-3-9/h2-7H,8H2,1H3,(H,14,16). The minimum absolute atomic E-state index is 0.120. The van der Waals surface area contributed by atoms with Crippen molar-refractivity contribution in [1.29, 1.82) is 0 Å². The number of nitrogens with zero attached hydrogens (tertiary/aromatic N) is 3. The third kappa shape index (κ3) is 2.25. The van der Waals surface area contributed by atoms with Gasteiger partial charge in [0, 0.05) is 37.4 Å². The highest BCUT2D eigenvalue weighted by Gasteiger charge is 2.05. The zero-order valence-corrected chi connectivity index (χ0v) is 8.92. The molecule has 82 valence electrons. The molecule has 5 heteroatoms. The molecule has 2 aromatic rings. The fourth-order valence-electron chi connectivity index (χ4n) is 1.33. The van der Waals surface area contributed by atoms with E-state index in [2.05, 4.69) is 15.3 Å². The Labute approximate surface area is 93.2 Å². The zero-order chi connectivity index (χ0) is 11.4. The first kappa shape index (κ1) is 10.4. The van der Waals surface area contributed by atoms with Gasteiger partial charge in [-0.2, -0.15) is 0 Å². The van der Waals surface area contributed by atoms with Gasteiger partial charge in [0.2, 0.25) is 0 Å². The Bertz CT molecular complexity index is 478. The van der Waals surface area contributed by atoms with Crippen LogP contribution in [0.2, 0.25) is 0 Å². The van der Waals surface area contributed by atoms with Crippen molar-refractivity contribution in [3.05, 3.63) is 48.3 Å². The number of aromatic nitrogens is 3. The molecule has 0 fully saturated rings. The molecule has 0 radical (unpaired) electrons. The Morgan fingerprint density at radius 1 is 1.38 bits per heavy atom. The van der Waals surface area contributed by atoms with E-state index in [0.29, 0.717) is 12.1 Å². The number of hydrogen-bond donors (Lipinski definition) is 1. The van der Waals surface area contributed by atoms with Crippen LogP contribution in [0, 0.1) is 0 Å². The average molecular weight is 216 g/mol. The maximum Gasteiger partial charge on any atom is 0.251 e. The molecule has 0 atom stereocenters. The van der Waals surface area contributed by atoms with E-state index >= 15 is 0 Å². The van der Waals surface area contributed by atoms with Crippen LogP contribution in [0.5, 0.6) is 0 Å². The van der Waals surface area contributed by atoms with Crippen molar-refractivity contribution < 1.29 is 4.79 Å². The van der Waals surface area contributed by atoms with Gasteiger partial charge in [-0.1, -0.05) is 0 Å². The van der Waals surface area contributed by atoms with E-state index < -0.39 is 0 Å². The Hall–Kier alpha value is -2.17. The number of hydrogen-bond acceptors (Lipinski definition) is 3. The Balaban J connectivity index is 1.97. The number of imidazole rings is 1. The number of carbonyl (C=O) groups is 1. The largest absolute Gasteiger partial charge is 0.345 e. The van der Waals surface area contributed by atoms with Crippen LogP contribution >= 0.6 is 0 Å². The van der Waals surface area contributed by atoms with Crippen LogP contribution in [0.3, 0.4) is 0 Å². The van der Waals surface area contributed by atoms with Crippen LogP contribution in [-0.2, 0) is 13.6 Å². The van der Waals surface area contributed by atoms with E-state index in [1.54, 1.807) is 30.7 Å². The topological polar surface area (TPSA) is 59.8 Å². The highest BCUT2D eigenvalue weighted by Crippen LogP contribution is 1.98. The van der Waals surface area contributed by atoms with Gasteiger partial charge in [-0.15, -0.1) is 0 Å². The minimum Gasteiger partial charge on any atom is -0.345 e. The lowest BCUT2D eigenvalue weighted by atomic mass is 10.2. The molecule has 0 saturated heterocycles. The monoisotopic (exact) mass is 216 g/mol. The number of carbonyl (C=O) groups excluding carboxylic acids is 1. The van der Waals surface area contributed by atoms with Crippen LogP contribution in [0.25, 0.3) is 0 Å². The van der Waals surface area contributed by atoms with E-state index in [4.69, 9.17) is 0 Å². The van der Waals surface area contributed by atoms with Gasteiger partial charge in [0.05, 0.1) is 6.54 Å². The van der Waals surface area contributed by atoms with Crippen LogP contribution in [0.4, 0.5) is 0 Å². The maximum absolute atomic E-state index is 11.7. The van der Waals surface area contributed by atoms with Crippen LogP contribution in [0.1, 0.15) is 16.2 Å². The predicted octanol–water partition coefficient (Wildman–Crippen LogP) is 0.745. The molecule has 2 aromatic heterocycles. The molecule has 0 unspecified atom stereocenters. The third-order valence-corrected chi connectivity index (χ3v) is 2.27. The van der Waals surface area contributed by atoms with E-state index in [9.17, 15) is 4.79 Å². The lowest BCUT2D eigenvalue weighted by molar-refractivity contribution is 0.0949. The fraction of sp³-hybridized carbons (Fsp3) is 0.182. The summed E-state index contributed by atoms with van der Waals surface area (Å²) < 4.78 is 1.87. The molecular weight excluding hydrogens is 204 g/mol. The fourth-order valence-corrected chi connectivity index (χ4v) is 1.33. The molecule has 2 heterocycles. The van der Waals surface area contributed by atoms with Crippen LogP contribution in [-0.4, -0.2) is 20.4 Å². The van der Waals surface area contributed by atoms with Gasteiger partial charge in [-0.05, 0) is 12.1 Å². The molecule has 2 rings (SSSR count). The van der Waals surface area contributed by atoms with Crippen molar-refractivity contribution in [2.45, 2.75) is 6.54 Å². The van der Waals surface area contributed by atoms with E-state index in [1.165, 1.54) is 0 Å².